The van der Waals surface area contributed by atoms with Crippen molar-refractivity contribution in [1.29, 1.82) is 0 Å². The molecule has 0 spiro atoms. The lowest BCUT2D eigenvalue weighted by Gasteiger charge is -2.18. The molecule has 1 heterocycles. The van der Waals surface area contributed by atoms with Crippen molar-refractivity contribution >= 4 is 33.5 Å². The van der Waals surface area contributed by atoms with Crippen LogP contribution in [-0.4, -0.2) is 38.0 Å². The highest BCUT2D eigenvalue weighted by molar-refractivity contribution is 6.09. The van der Waals surface area contributed by atoms with Gasteiger partial charge in [-0.15, -0.1) is 0 Å². The smallest absolute Gasteiger partial charge is 0.338 e. The predicted molar refractivity (Wildman–Crippen MR) is 160 cm³/mol. The second-order valence-corrected chi connectivity index (χ2v) is 9.97. The number of fused-ring (bicyclic) bond motifs is 7. The summed E-state index contributed by atoms with van der Waals surface area (Å²) < 4.78 is 28.9. The van der Waals surface area contributed by atoms with Crippen molar-refractivity contribution in [3.8, 4) is 28.4 Å². The van der Waals surface area contributed by atoms with Gasteiger partial charge >= 0.3 is 11.9 Å². The van der Waals surface area contributed by atoms with Gasteiger partial charge in [0.15, 0.2) is 6.10 Å². The second kappa shape index (κ2) is 11.7. The summed E-state index contributed by atoms with van der Waals surface area (Å²) in [4.78, 5) is 24.6. The predicted octanol–water partition coefficient (Wildman–Crippen LogP) is 7.11. The maximum absolute atomic E-state index is 13.1. The first-order valence-electron chi connectivity index (χ1n) is 13.5. The molecule has 1 aliphatic rings. The summed E-state index contributed by atoms with van der Waals surface area (Å²) in [6.07, 6.45) is -0.674. The Kier molecular flexibility index (Phi) is 7.47. The topological polar surface area (TPSA) is 80.3 Å². The summed E-state index contributed by atoms with van der Waals surface area (Å²) in [5.41, 5.74) is 2.50. The van der Waals surface area contributed by atoms with E-state index in [1.807, 2.05) is 48.5 Å². The fraction of sp³-hybridized carbons (Fsp3) is 0.143. The molecule has 6 rings (SSSR count). The van der Waals surface area contributed by atoms with Crippen LogP contribution in [-0.2, 0) is 14.3 Å². The Labute approximate surface area is 242 Å². The lowest BCUT2D eigenvalue weighted by molar-refractivity contribution is -0.145. The van der Waals surface area contributed by atoms with Gasteiger partial charge in [-0.1, -0.05) is 67.2 Å². The Morgan fingerprint density at radius 3 is 1.86 bits per heavy atom. The molecule has 0 aromatic heterocycles. The van der Waals surface area contributed by atoms with Crippen LogP contribution in [0.4, 0.5) is 0 Å². The second-order valence-electron chi connectivity index (χ2n) is 9.97. The third-order valence-electron chi connectivity index (χ3n) is 7.01. The molecule has 0 atom stereocenters. The molecule has 1 aliphatic heterocycles. The molecule has 5 aromatic carbocycles. The van der Waals surface area contributed by atoms with Crippen LogP contribution in [0.15, 0.2) is 109 Å². The van der Waals surface area contributed by atoms with E-state index >= 15 is 0 Å². The number of carbonyl (C=O) groups excluding carboxylic acids is 2. The number of esters is 2. The minimum Gasteiger partial charge on any atom is -0.489 e. The van der Waals surface area contributed by atoms with Gasteiger partial charge in [0.05, 0.1) is 5.56 Å². The van der Waals surface area contributed by atoms with Crippen molar-refractivity contribution in [1.82, 2.24) is 0 Å². The highest BCUT2D eigenvalue weighted by Crippen LogP contribution is 2.46. The molecule has 0 bridgehead atoms. The van der Waals surface area contributed by atoms with Gasteiger partial charge in [-0.2, -0.15) is 0 Å². The van der Waals surface area contributed by atoms with Crippen LogP contribution in [0.1, 0.15) is 17.3 Å². The molecule has 5 aromatic rings. The molecule has 7 nitrogen and oxygen atoms in total. The first-order chi connectivity index (χ1) is 20.5. The van der Waals surface area contributed by atoms with Crippen molar-refractivity contribution in [3.05, 3.63) is 115 Å². The van der Waals surface area contributed by atoms with E-state index in [9.17, 15) is 9.59 Å². The molecule has 210 valence electrons. The van der Waals surface area contributed by atoms with E-state index in [1.165, 1.54) is 0 Å². The number of carbonyl (C=O) groups is 2. The quantitative estimate of drug-likeness (QED) is 0.124. The molecule has 0 fully saturated rings. The molecule has 0 saturated heterocycles. The van der Waals surface area contributed by atoms with Crippen molar-refractivity contribution < 1.29 is 33.3 Å². The zero-order valence-corrected chi connectivity index (χ0v) is 23.0. The summed E-state index contributed by atoms with van der Waals surface area (Å²) >= 11 is 0. The van der Waals surface area contributed by atoms with Crippen LogP contribution in [0.5, 0.6) is 17.2 Å². The van der Waals surface area contributed by atoms with E-state index in [4.69, 9.17) is 23.7 Å². The van der Waals surface area contributed by atoms with E-state index in [1.54, 1.807) is 31.2 Å². The summed E-state index contributed by atoms with van der Waals surface area (Å²) in [6.45, 7) is 5.03. The van der Waals surface area contributed by atoms with E-state index in [0.29, 0.717) is 22.8 Å². The van der Waals surface area contributed by atoms with Crippen LogP contribution >= 0.6 is 0 Å². The first-order valence-corrected chi connectivity index (χ1v) is 13.5. The maximum atomic E-state index is 13.1. The third kappa shape index (κ3) is 5.49. The van der Waals surface area contributed by atoms with Crippen molar-refractivity contribution in [3.63, 3.8) is 0 Å². The number of hydrogen-bond donors (Lipinski definition) is 0. The molecule has 0 aliphatic carbocycles. The van der Waals surface area contributed by atoms with Gasteiger partial charge < -0.3 is 23.7 Å². The van der Waals surface area contributed by atoms with Gasteiger partial charge in [0.2, 0.25) is 6.79 Å². The van der Waals surface area contributed by atoms with Gasteiger partial charge in [-0.05, 0) is 64.9 Å². The zero-order chi connectivity index (χ0) is 29.1. The van der Waals surface area contributed by atoms with Crippen LogP contribution in [0, 0.1) is 0 Å². The largest absolute Gasteiger partial charge is 0.489 e. The monoisotopic (exact) mass is 560 g/mol. The van der Waals surface area contributed by atoms with Gasteiger partial charge in [0.1, 0.15) is 30.5 Å². The minimum atomic E-state index is -0.674. The Balaban J connectivity index is 1.25. The molecule has 42 heavy (non-hydrogen) atoms. The van der Waals surface area contributed by atoms with Gasteiger partial charge in [-0.3, -0.25) is 0 Å². The van der Waals surface area contributed by atoms with Crippen molar-refractivity contribution in [2.24, 2.45) is 0 Å². The minimum absolute atomic E-state index is 0.109. The fourth-order valence-corrected chi connectivity index (χ4v) is 4.92. The van der Waals surface area contributed by atoms with Crippen LogP contribution in [0.3, 0.4) is 0 Å². The average molecular weight is 561 g/mol. The number of rotatable bonds is 6. The van der Waals surface area contributed by atoms with Gasteiger partial charge in [0, 0.05) is 16.7 Å². The fourth-order valence-electron chi connectivity index (χ4n) is 4.92. The summed E-state index contributed by atoms with van der Waals surface area (Å²) in [7, 11) is 0. The Morgan fingerprint density at radius 1 is 0.762 bits per heavy atom. The third-order valence-corrected chi connectivity index (χ3v) is 7.01. The lowest BCUT2D eigenvalue weighted by Crippen LogP contribution is -2.31. The first kappa shape index (κ1) is 26.9. The zero-order valence-electron chi connectivity index (χ0n) is 23.0. The molecule has 0 unspecified atom stereocenters. The molecule has 7 heteroatoms. The van der Waals surface area contributed by atoms with Gasteiger partial charge in [-0.25, -0.2) is 9.59 Å². The van der Waals surface area contributed by atoms with Crippen LogP contribution in [0.25, 0.3) is 32.7 Å². The van der Waals surface area contributed by atoms with E-state index in [0.717, 1.165) is 32.7 Å². The van der Waals surface area contributed by atoms with Crippen LogP contribution in [0.2, 0.25) is 0 Å². The molecular weight excluding hydrogens is 532 g/mol. The average Bonchev–Trinajstić information content (AvgIpc) is 3.09. The summed E-state index contributed by atoms with van der Waals surface area (Å²) in [5.74, 6) is 0.742. The Hall–Kier alpha value is -5.30. The summed E-state index contributed by atoms with van der Waals surface area (Å²) in [6, 6.07) is 30.7. The Bertz CT molecular complexity index is 1720. The van der Waals surface area contributed by atoms with Crippen LogP contribution < -0.4 is 14.2 Å². The Morgan fingerprint density at radius 2 is 1.31 bits per heavy atom. The maximum Gasteiger partial charge on any atom is 0.338 e. The summed E-state index contributed by atoms with van der Waals surface area (Å²) in [5, 5.41) is 4.26. The van der Waals surface area contributed by atoms with Crippen molar-refractivity contribution in [2.75, 3.05) is 20.0 Å². The molecule has 0 saturated carbocycles. The molecule has 0 amide bonds. The number of ether oxygens (including phenoxy) is 5. The highest BCUT2D eigenvalue weighted by atomic mass is 16.7. The highest BCUT2D eigenvalue weighted by Gasteiger charge is 2.25. The molecule has 0 radical (unpaired) electrons. The van der Waals surface area contributed by atoms with Crippen molar-refractivity contribution in [2.45, 2.75) is 13.0 Å². The molecule has 0 N–H and O–H groups in total. The van der Waals surface area contributed by atoms with Gasteiger partial charge in [0.25, 0.3) is 0 Å². The van der Waals surface area contributed by atoms with E-state index < -0.39 is 18.0 Å². The normalized spacial score (nSPS) is 12.9. The number of hydrogen-bond acceptors (Lipinski definition) is 7. The van der Waals surface area contributed by atoms with E-state index in [-0.39, 0.29) is 25.6 Å². The molecular formula is C35H28O7. The SMILES string of the molecule is C=C(C)C(=O)OCOc1ccc(C(=O)OC2COc3ccc4ccccc4c3-c3c(ccc4ccccc34)OC2)cc1. The lowest BCUT2D eigenvalue weighted by atomic mass is 9.92. The number of benzene rings is 5. The van der Waals surface area contributed by atoms with E-state index in [2.05, 4.69) is 30.8 Å². The standard InChI is InChI=1S/C35H28O7/c1-22(2)34(36)41-21-40-26-15-11-25(12-16-26)35(37)42-27-19-38-30-17-13-23-7-3-5-9-28(23)32(30)33-29-10-6-4-8-24(29)14-18-31(33)39-20-27/h3-18,27H,1,19-21H2,2H3.